The van der Waals surface area contributed by atoms with Crippen LogP contribution < -0.4 is 0 Å². The van der Waals surface area contributed by atoms with Crippen LogP contribution >= 0.6 is 0 Å². The number of aliphatic hydroxyl groups excluding tert-OH is 1. The Morgan fingerprint density at radius 1 is 1.21 bits per heavy atom. The fourth-order valence-corrected chi connectivity index (χ4v) is 2.50. The summed E-state index contributed by atoms with van der Waals surface area (Å²) in [6.45, 7) is 2.08. The van der Waals surface area contributed by atoms with Crippen LogP contribution in [0.3, 0.4) is 0 Å². The van der Waals surface area contributed by atoms with Gasteiger partial charge in [-0.3, -0.25) is 0 Å². The first-order valence-electron chi connectivity index (χ1n) is 6.00. The normalized spacial score (nSPS) is 24.2. The van der Waals surface area contributed by atoms with Gasteiger partial charge in [-0.15, -0.1) is 0 Å². The van der Waals surface area contributed by atoms with Gasteiger partial charge in [0.1, 0.15) is 0 Å². The highest BCUT2D eigenvalue weighted by Gasteiger charge is 2.26. The maximum Gasteiger partial charge on any atom is 0.0830 e. The topological polar surface area (TPSA) is 29.5 Å². The molecular weight excluding hydrogens is 176 g/mol. The zero-order chi connectivity index (χ0) is 10.4. The maximum atomic E-state index is 10.1. The van der Waals surface area contributed by atoms with Crippen LogP contribution in [0.1, 0.15) is 51.9 Å². The van der Waals surface area contributed by atoms with Gasteiger partial charge in [-0.25, -0.2) is 0 Å². The van der Waals surface area contributed by atoms with Crippen molar-refractivity contribution < 1.29 is 9.84 Å². The Morgan fingerprint density at radius 3 is 2.21 bits per heavy atom. The minimum Gasteiger partial charge on any atom is -0.390 e. The van der Waals surface area contributed by atoms with E-state index in [4.69, 9.17) is 4.74 Å². The number of rotatable bonds is 4. The zero-order valence-electron chi connectivity index (χ0n) is 9.54. The van der Waals surface area contributed by atoms with Crippen LogP contribution in [0, 0.1) is 5.92 Å². The van der Waals surface area contributed by atoms with Gasteiger partial charge in [0.05, 0.1) is 12.2 Å². The standard InChI is InChI=1S/C12H24O2/c1-3-11(14-2)12(13)10-8-6-4-5-7-9-10/h10-13H,3-9H2,1-2H3. The maximum absolute atomic E-state index is 10.1. The van der Waals surface area contributed by atoms with Gasteiger partial charge in [0.2, 0.25) is 0 Å². The van der Waals surface area contributed by atoms with Crippen LogP contribution in [0.4, 0.5) is 0 Å². The van der Waals surface area contributed by atoms with E-state index in [1.165, 1.54) is 38.5 Å². The second-order valence-corrected chi connectivity index (χ2v) is 4.42. The van der Waals surface area contributed by atoms with Crippen molar-refractivity contribution in [3.63, 3.8) is 0 Å². The van der Waals surface area contributed by atoms with E-state index in [0.717, 1.165) is 6.42 Å². The summed E-state index contributed by atoms with van der Waals surface area (Å²) < 4.78 is 5.31. The second kappa shape index (κ2) is 6.41. The minimum absolute atomic E-state index is 0.0399. The third kappa shape index (κ3) is 3.25. The lowest BCUT2D eigenvalue weighted by Gasteiger charge is -2.27. The van der Waals surface area contributed by atoms with Crippen molar-refractivity contribution >= 4 is 0 Å². The molecule has 0 aromatic rings. The van der Waals surface area contributed by atoms with E-state index in [0.29, 0.717) is 5.92 Å². The van der Waals surface area contributed by atoms with Gasteiger partial charge in [0.25, 0.3) is 0 Å². The van der Waals surface area contributed by atoms with E-state index in [1.807, 2.05) is 0 Å². The van der Waals surface area contributed by atoms with Gasteiger partial charge in [-0.05, 0) is 25.2 Å². The largest absolute Gasteiger partial charge is 0.390 e. The molecule has 2 heteroatoms. The Balaban J connectivity index is 2.43. The third-order valence-electron chi connectivity index (χ3n) is 3.47. The highest BCUT2D eigenvalue weighted by molar-refractivity contribution is 4.78. The highest BCUT2D eigenvalue weighted by Crippen LogP contribution is 2.28. The Bertz CT molecular complexity index is 135. The van der Waals surface area contributed by atoms with E-state index >= 15 is 0 Å². The fourth-order valence-electron chi connectivity index (χ4n) is 2.50. The lowest BCUT2D eigenvalue weighted by atomic mass is 9.90. The van der Waals surface area contributed by atoms with Gasteiger partial charge < -0.3 is 9.84 Å². The second-order valence-electron chi connectivity index (χ2n) is 4.42. The zero-order valence-corrected chi connectivity index (χ0v) is 9.54. The molecule has 0 saturated heterocycles. The third-order valence-corrected chi connectivity index (χ3v) is 3.47. The predicted octanol–water partition coefficient (Wildman–Crippen LogP) is 2.74. The van der Waals surface area contributed by atoms with Crippen LogP contribution in [0.15, 0.2) is 0 Å². The van der Waals surface area contributed by atoms with Crippen molar-refractivity contribution in [2.75, 3.05) is 7.11 Å². The highest BCUT2D eigenvalue weighted by atomic mass is 16.5. The van der Waals surface area contributed by atoms with Crippen LogP contribution in [0.2, 0.25) is 0 Å². The van der Waals surface area contributed by atoms with Crippen molar-refractivity contribution in [1.29, 1.82) is 0 Å². The SMILES string of the molecule is CCC(OC)C(O)C1CCCCCC1. The van der Waals surface area contributed by atoms with Gasteiger partial charge >= 0.3 is 0 Å². The molecule has 1 aliphatic carbocycles. The fraction of sp³-hybridized carbons (Fsp3) is 1.00. The lowest BCUT2D eigenvalue weighted by Crippen LogP contribution is -2.34. The van der Waals surface area contributed by atoms with Gasteiger partial charge in [-0.1, -0.05) is 32.6 Å². The van der Waals surface area contributed by atoms with Crippen molar-refractivity contribution in [3.8, 4) is 0 Å². The van der Waals surface area contributed by atoms with Gasteiger partial charge in [0, 0.05) is 7.11 Å². The predicted molar refractivity (Wildman–Crippen MR) is 58.3 cm³/mol. The molecule has 0 heterocycles. The first kappa shape index (κ1) is 12.0. The number of hydrogen-bond donors (Lipinski definition) is 1. The molecule has 0 aromatic carbocycles. The van der Waals surface area contributed by atoms with E-state index < -0.39 is 0 Å². The Labute approximate surface area is 87.7 Å². The van der Waals surface area contributed by atoms with Gasteiger partial charge in [0.15, 0.2) is 0 Å². The first-order chi connectivity index (χ1) is 6.79. The van der Waals surface area contributed by atoms with Crippen LogP contribution in [0.25, 0.3) is 0 Å². The summed E-state index contributed by atoms with van der Waals surface area (Å²) in [7, 11) is 1.70. The average molecular weight is 200 g/mol. The number of aliphatic hydroxyl groups is 1. The molecule has 0 aliphatic heterocycles. The smallest absolute Gasteiger partial charge is 0.0830 e. The summed E-state index contributed by atoms with van der Waals surface area (Å²) in [5.74, 6) is 0.474. The molecule has 1 saturated carbocycles. The summed E-state index contributed by atoms with van der Waals surface area (Å²) in [4.78, 5) is 0. The quantitative estimate of drug-likeness (QED) is 0.707. The number of methoxy groups -OCH3 is 1. The van der Waals surface area contributed by atoms with Crippen molar-refractivity contribution in [2.45, 2.75) is 64.1 Å². The summed E-state index contributed by atoms with van der Waals surface area (Å²) in [6, 6.07) is 0. The molecule has 1 aliphatic rings. The Kier molecular flexibility index (Phi) is 5.49. The molecule has 2 nitrogen and oxygen atoms in total. The average Bonchev–Trinajstić information content (AvgIpc) is 2.47. The summed E-state index contributed by atoms with van der Waals surface area (Å²) >= 11 is 0. The Morgan fingerprint density at radius 2 is 1.79 bits per heavy atom. The summed E-state index contributed by atoms with van der Waals surface area (Å²) in [5.41, 5.74) is 0. The van der Waals surface area contributed by atoms with Crippen LogP contribution in [0.5, 0.6) is 0 Å². The number of hydrogen-bond acceptors (Lipinski definition) is 2. The molecule has 0 amide bonds. The van der Waals surface area contributed by atoms with Gasteiger partial charge in [-0.2, -0.15) is 0 Å². The van der Waals surface area contributed by atoms with Crippen molar-refractivity contribution in [1.82, 2.24) is 0 Å². The van der Waals surface area contributed by atoms with Crippen molar-refractivity contribution in [3.05, 3.63) is 0 Å². The molecule has 1 rings (SSSR count). The molecule has 0 spiro atoms. The van der Waals surface area contributed by atoms with E-state index in [2.05, 4.69) is 6.92 Å². The van der Waals surface area contributed by atoms with E-state index in [9.17, 15) is 5.11 Å². The molecule has 0 bridgehead atoms. The first-order valence-corrected chi connectivity index (χ1v) is 6.00. The minimum atomic E-state index is -0.247. The van der Waals surface area contributed by atoms with E-state index in [-0.39, 0.29) is 12.2 Å². The monoisotopic (exact) mass is 200 g/mol. The summed E-state index contributed by atoms with van der Waals surface area (Å²) in [6.07, 6.45) is 8.31. The molecule has 84 valence electrons. The number of ether oxygens (including phenoxy) is 1. The molecule has 2 unspecified atom stereocenters. The Hall–Kier alpha value is -0.0800. The van der Waals surface area contributed by atoms with E-state index in [1.54, 1.807) is 7.11 Å². The molecule has 14 heavy (non-hydrogen) atoms. The molecule has 0 radical (unpaired) electrons. The molecule has 1 fully saturated rings. The lowest BCUT2D eigenvalue weighted by molar-refractivity contribution is -0.0461. The molecule has 2 atom stereocenters. The molecule has 0 aromatic heterocycles. The van der Waals surface area contributed by atoms with Crippen molar-refractivity contribution in [2.24, 2.45) is 5.92 Å². The molecule has 1 N–H and O–H groups in total. The van der Waals surface area contributed by atoms with Crippen LogP contribution in [-0.4, -0.2) is 24.4 Å². The van der Waals surface area contributed by atoms with Crippen LogP contribution in [-0.2, 0) is 4.74 Å². The summed E-state index contributed by atoms with van der Waals surface area (Å²) in [5, 5.41) is 10.1. The molecular formula is C12H24O2.